The van der Waals surface area contributed by atoms with Crippen molar-refractivity contribution in [3.8, 4) is 0 Å². The number of halogens is 1. The number of nitrogens with two attached hydrogens (primary N) is 1. The lowest BCUT2D eigenvalue weighted by Crippen LogP contribution is -2.37. The standard InChI is InChI=1S/C15H18BrN5O/c16-14-6-13(19-20-14)15(22)21(8-10-2-1-3-10)9-11-4-5-18-7-12(11)17/h4-7,10H,1-3,8-9,17H2,(H,19,20). The lowest BCUT2D eigenvalue weighted by Gasteiger charge is -2.32. The van der Waals surface area contributed by atoms with Crippen LogP contribution in [0.15, 0.2) is 29.1 Å². The van der Waals surface area contributed by atoms with Crippen LogP contribution in [0.5, 0.6) is 0 Å². The monoisotopic (exact) mass is 363 g/mol. The van der Waals surface area contributed by atoms with Crippen LogP contribution in [0, 0.1) is 5.92 Å². The Balaban J connectivity index is 1.80. The summed E-state index contributed by atoms with van der Waals surface area (Å²) >= 11 is 3.26. The average molecular weight is 364 g/mol. The summed E-state index contributed by atoms with van der Waals surface area (Å²) in [6.45, 7) is 1.23. The van der Waals surface area contributed by atoms with Crippen LogP contribution in [0.2, 0.25) is 0 Å². The Bertz CT molecular complexity index is 667. The number of pyridine rings is 1. The molecule has 0 bridgehead atoms. The molecular formula is C15H18BrN5O. The quantitative estimate of drug-likeness (QED) is 0.854. The average Bonchev–Trinajstić information content (AvgIpc) is 2.89. The van der Waals surface area contributed by atoms with E-state index in [1.54, 1.807) is 18.5 Å². The molecule has 0 saturated heterocycles. The fourth-order valence-electron chi connectivity index (χ4n) is 2.57. The molecule has 1 aliphatic rings. The van der Waals surface area contributed by atoms with Crippen molar-refractivity contribution in [1.29, 1.82) is 0 Å². The second-order valence-corrected chi connectivity index (χ2v) is 6.47. The third kappa shape index (κ3) is 3.30. The number of amides is 1. The number of carbonyl (C=O) groups excluding carboxylic acids is 1. The third-order valence-electron chi connectivity index (χ3n) is 4.07. The molecule has 0 aliphatic heterocycles. The van der Waals surface area contributed by atoms with Gasteiger partial charge < -0.3 is 10.6 Å². The highest BCUT2D eigenvalue weighted by molar-refractivity contribution is 9.10. The van der Waals surface area contributed by atoms with Crippen molar-refractivity contribution in [2.24, 2.45) is 5.92 Å². The summed E-state index contributed by atoms with van der Waals surface area (Å²) in [4.78, 5) is 18.6. The van der Waals surface area contributed by atoms with Gasteiger partial charge in [0.05, 0.1) is 11.9 Å². The van der Waals surface area contributed by atoms with Crippen molar-refractivity contribution in [1.82, 2.24) is 20.1 Å². The van der Waals surface area contributed by atoms with Gasteiger partial charge in [0.25, 0.3) is 5.91 Å². The maximum absolute atomic E-state index is 12.7. The molecule has 3 N–H and O–H groups in total. The molecule has 2 aromatic heterocycles. The van der Waals surface area contributed by atoms with Gasteiger partial charge in [-0.1, -0.05) is 6.42 Å². The Morgan fingerprint density at radius 3 is 2.91 bits per heavy atom. The molecule has 0 aromatic carbocycles. The van der Waals surface area contributed by atoms with Crippen LogP contribution < -0.4 is 5.73 Å². The van der Waals surface area contributed by atoms with E-state index < -0.39 is 0 Å². The lowest BCUT2D eigenvalue weighted by molar-refractivity contribution is 0.0674. The number of nitrogens with one attached hydrogen (secondary N) is 1. The highest BCUT2D eigenvalue weighted by atomic mass is 79.9. The third-order valence-corrected chi connectivity index (χ3v) is 4.48. The van der Waals surface area contributed by atoms with Gasteiger partial charge in [-0.3, -0.25) is 14.9 Å². The van der Waals surface area contributed by atoms with Crippen LogP contribution in [0.1, 0.15) is 35.3 Å². The summed E-state index contributed by atoms with van der Waals surface area (Å²) in [5.41, 5.74) is 7.97. The fourth-order valence-corrected chi connectivity index (χ4v) is 2.89. The molecule has 1 fully saturated rings. The largest absolute Gasteiger partial charge is 0.397 e. The van der Waals surface area contributed by atoms with E-state index in [0.29, 0.717) is 28.4 Å². The van der Waals surface area contributed by atoms with Crippen LogP contribution in [0.25, 0.3) is 0 Å². The van der Waals surface area contributed by atoms with E-state index in [-0.39, 0.29) is 5.91 Å². The van der Waals surface area contributed by atoms with E-state index in [4.69, 9.17) is 5.73 Å². The summed E-state index contributed by atoms with van der Waals surface area (Å²) in [6.07, 6.45) is 6.93. The van der Waals surface area contributed by atoms with Crippen LogP contribution in [-0.4, -0.2) is 32.5 Å². The Hall–Kier alpha value is -1.89. The van der Waals surface area contributed by atoms with Gasteiger partial charge in [0.2, 0.25) is 0 Å². The number of aromatic amines is 1. The maximum atomic E-state index is 12.7. The van der Waals surface area contributed by atoms with Gasteiger partial charge in [0, 0.05) is 25.4 Å². The van der Waals surface area contributed by atoms with Gasteiger partial charge in [0.1, 0.15) is 10.3 Å². The topological polar surface area (TPSA) is 87.9 Å². The maximum Gasteiger partial charge on any atom is 0.272 e. The molecule has 0 unspecified atom stereocenters. The van der Waals surface area contributed by atoms with E-state index in [1.807, 2.05) is 11.0 Å². The minimum Gasteiger partial charge on any atom is -0.397 e. The summed E-state index contributed by atoms with van der Waals surface area (Å²) in [7, 11) is 0. The number of nitrogen functional groups attached to an aromatic ring is 1. The number of aromatic nitrogens is 3. The van der Waals surface area contributed by atoms with Gasteiger partial charge in [-0.25, -0.2) is 0 Å². The zero-order chi connectivity index (χ0) is 15.5. The van der Waals surface area contributed by atoms with Crippen molar-refractivity contribution >= 4 is 27.5 Å². The number of hydrogen-bond acceptors (Lipinski definition) is 4. The molecule has 2 aromatic rings. The second kappa shape index (κ2) is 6.48. The van der Waals surface area contributed by atoms with Crippen LogP contribution in [-0.2, 0) is 6.54 Å². The van der Waals surface area contributed by atoms with E-state index in [0.717, 1.165) is 12.1 Å². The molecule has 1 aliphatic carbocycles. The zero-order valence-corrected chi connectivity index (χ0v) is 13.7. The van der Waals surface area contributed by atoms with E-state index in [2.05, 4.69) is 31.1 Å². The first-order valence-corrected chi connectivity index (χ1v) is 8.11. The molecule has 2 heterocycles. The smallest absolute Gasteiger partial charge is 0.272 e. The lowest BCUT2D eigenvalue weighted by atomic mass is 9.85. The number of carbonyl (C=O) groups is 1. The number of nitrogens with zero attached hydrogens (tertiary/aromatic N) is 3. The van der Waals surface area contributed by atoms with Gasteiger partial charge >= 0.3 is 0 Å². The van der Waals surface area contributed by atoms with Crippen molar-refractivity contribution in [2.45, 2.75) is 25.8 Å². The summed E-state index contributed by atoms with van der Waals surface area (Å²) < 4.78 is 0.628. The number of H-pyrrole nitrogens is 1. The Labute approximate surface area is 137 Å². The van der Waals surface area contributed by atoms with Crippen molar-refractivity contribution in [2.75, 3.05) is 12.3 Å². The van der Waals surface area contributed by atoms with Crippen molar-refractivity contribution in [3.63, 3.8) is 0 Å². The normalized spacial score (nSPS) is 14.6. The highest BCUT2D eigenvalue weighted by Crippen LogP contribution is 2.28. The SMILES string of the molecule is Nc1cnccc1CN(CC1CCC1)C(=O)c1cc(Br)n[nH]1. The highest BCUT2D eigenvalue weighted by Gasteiger charge is 2.25. The molecule has 0 spiro atoms. The minimum absolute atomic E-state index is 0.0543. The predicted octanol–water partition coefficient (Wildman–Crippen LogP) is 2.59. The molecule has 7 heteroatoms. The number of hydrogen-bond donors (Lipinski definition) is 2. The molecule has 0 atom stereocenters. The summed E-state index contributed by atoms with van der Waals surface area (Å²) in [5, 5.41) is 6.73. The molecule has 0 radical (unpaired) electrons. The van der Waals surface area contributed by atoms with Gasteiger partial charge in [-0.05, 0) is 46.3 Å². The first kappa shape index (κ1) is 15.0. The van der Waals surface area contributed by atoms with Crippen LogP contribution >= 0.6 is 15.9 Å². The van der Waals surface area contributed by atoms with E-state index >= 15 is 0 Å². The van der Waals surface area contributed by atoms with Crippen molar-refractivity contribution < 1.29 is 4.79 Å². The second-order valence-electron chi connectivity index (χ2n) is 5.66. The first-order chi connectivity index (χ1) is 10.6. The van der Waals surface area contributed by atoms with Crippen LogP contribution in [0.4, 0.5) is 5.69 Å². The number of rotatable bonds is 5. The van der Waals surface area contributed by atoms with Gasteiger partial charge in [-0.15, -0.1) is 0 Å². The summed E-state index contributed by atoms with van der Waals surface area (Å²) in [5.74, 6) is 0.527. The van der Waals surface area contributed by atoms with E-state index in [1.165, 1.54) is 19.3 Å². The first-order valence-electron chi connectivity index (χ1n) is 7.32. The Kier molecular flexibility index (Phi) is 4.42. The molecule has 6 nitrogen and oxygen atoms in total. The molecule has 1 amide bonds. The molecular weight excluding hydrogens is 346 g/mol. The molecule has 22 heavy (non-hydrogen) atoms. The summed E-state index contributed by atoms with van der Waals surface area (Å²) in [6, 6.07) is 3.56. The molecule has 1 saturated carbocycles. The van der Waals surface area contributed by atoms with Gasteiger partial charge in [0.15, 0.2) is 0 Å². The molecule has 3 rings (SSSR count). The predicted molar refractivity (Wildman–Crippen MR) is 87.0 cm³/mol. The van der Waals surface area contributed by atoms with Gasteiger partial charge in [-0.2, -0.15) is 5.10 Å². The van der Waals surface area contributed by atoms with Crippen LogP contribution in [0.3, 0.4) is 0 Å². The Morgan fingerprint density at radius 2 is 2.32 bits per heavy atom. The van der Waals surface area contributed by atoms with Crippen molar-refractivity contribution in [3.05, 3.63) is 40.4 Å². The minimum atomic E-state index is -0.0543. The Morgan fingerprint density at radius 1 is 1.50 bits per heavy atom. The van der Waals surface area contributed by atoms with E-state index in [9.17, 15) is 4.79 Å². The molecule has 116 valence electrons. The zero-order valence-electron chi connectivity index (χ0n) is 12.1. The fraction of sp³-hybridized carbons (Fsp3) is 0.400. The number of anilines is 1.